The number of aliphatic carboxylic acids is 2. The first-order valence-electron chi connectivity index (χ1n) is 46.4. The molecule has 12 fully saturated rings. The highest BCUT2D eigenvalue weighted by atomic mass is 16.8. The molecule has 0 aromatic rings. The molecule has 41 atom stereocenters. The highest BCUT2D eigenvalue weighted by Gasteiger charge is 2.69. The SMILES string of the molecule is CC[C@@H]1CC(C(=O)O[C@H]2C[C@H]3[C@@H]([C@H](OC(=O)C4C[C@@H](CC)[C@@H](OC5O[C@@H](C)[C@H](O)C(O)[C@@H]5O)[C@H](O[C@@H]5O[C@@H](CO)[C@H](O)C(O[C@@H](CC6CCCCC6)C(=O)O)C5NC(C)=O)C4)C[C@@H]4C[C@@H](N)CC[C@@]43C)[C@@H]3CC[C@H]([C@H](C)CCC(=O)OC)[C@@]23C)C[C@@H](O[C@@H]2O[C@@H](CO)[C@H](O)C(O[C@@H](CC3CCCCC3)C(=O)O)C2NC(C)=O)[C@@H]1OC1O[C@@H](C)[C@H](O)[C@H](O)C1O. The summed E-state index contributed by atoms with van der Waals surface area (Å²) in [5.41, 5.74) is 5.62. The highest BCUT2D eigenvalue weighted by Crippen LogP contribution is 2.70. The standard InChI is InChI=1S/C89H145N3O32/c1-11-47-31-49(33-57(76(47)123-86-74(104)72(102)68(98)41(4)113-86)118-84-66(91-43(6)95)78(70(100)61(38-93)120-84)115-59(80(106)107)29-45-19-15-13-16-20-45)82(110)117-56-36-51-35-52(90)27-28-88(51,8)55-37-63(89(9)53(24-25-54(89)65(55)56)40(3)23-26-64(97)112-10)122-83(111)50-32-48(12-2)77(124-87-75(105)73(103)69(99)42(5)114-87)58(34-50)119-85-67(92-44(7)96)79(71(101)62(39-94)121-85)116-60(81(108)109)30-46-21-17-14-18-22-46/h40-42,45-63,65-79,84-87,93-94,98-105H,11-39,90H2,1-10H3,(H,91,95)(H,92,96)(H,106,107)(H,108,109)/t40-,41+,42+,47-,48-,49?,50?,51+,52+,53-,54+,55+,56-,57-,58-,59+,60+,61+,62+,63+,65+,66?,67?,68+,69+,70+,71+,72?,73+,74+,75?,76-,77-,78?,79?,84-,85-,86?,87?,88+,89-/m1/s1. The van der Waals surface area contributed by atoms with Crippen molar-refractivity contribution in [3.63, 3.8) is 0 Å². The zero-order valence-corrected chi connectivity index (χ0v) is 73.8. The average Bonchev–Trinajstić information content (AvgIpc) is 1.40. The maximum atomic E-state index is 16.3. The van der Waals surface area contributed by atoms with Gasteiger partial charge in [-0.05, 0) is 162 Å². The topological polar surface area (TPSA) is 532 Å². The van der Waals surface area contributed by atoms with Gasteiger partial charge in [0.05, 0.1) is 68.8 Å². The van der Waals surface area contributed by atoms with Crippen molar-refractivity contribution < 1.29 is 156 Å². The van der Waals surface area contributed by atoms with Gasteiger partial charge < -0.3 is 139 Å². The van der Waals surface area contributed by atoms with Crippen molar-refractivity contribution in [3.8, 4) is 0 Å². The van der Waals surface area contributed by atoms with E-state index in [-0.39, 0.29) is 98.3 Å². The number of hydrogen-bond donors (Lipinski definition) is 15. The van der Waals surface area contributed by atoms with E-state index in [9.17, 15) is 85.3 Å². The summed E-state index contributed by atoms with van der Waals surface area (Å²) in [5, 5.41) is 140. The van der Waals surface area contributed by atoms with Crippen molar-refractivity contribution in [2.45, 2.75) is 413 Å². The van der Waals surface area contributed by atoms with Crippen molar-refractivity contribution in [1.82, 2.24) is 10.6 Å². The predicted octanol–water partition coefficient (Wildman–Crippen LogP) is 3.46. The number of carboxylic acids is 2. The fourth-order valence-electron chi connectivity index (χ4n) is 24.7. The van der Waals surface area contributed by atoms with E-state index in [1.54, 1.807) is 0 Å². The third-order valence-electron chi connectivity index (χ3n) is 31.7. The first-order valence-corrected chi connectivity index (χ1v) is 46.4. The van der Waals surface area contributed by atoms with Crippen LogP contribution in [0.2, 0.25) is 0 Å². The highest BCUT2D eigenvalue weighted by molar-refractivity contribution is 5.75. The molecule has 0 bridgehead atoms. The molecule has 16 N–H and O–H groups in total. The van der Waals surface area contributed by atoms with Crippen LogP contribution in [0.15, 0.2) is 0 Å². The van der Waals surface area contributed by atoms with Crippen LogP contribution in [0.5, 0.6) is 0 Å². The maximum Gasteiger partial charge on any atom is 0.332 e. The van der Waals surface area contributed by atoms with Gasteiger partial charge in [-0.3, -0.25) is 24.0 Å². The molecular weight excluding hydrogens is 1620 g/mol. The Morgan fingerprint density at radius 3 is 1.40 bits per heavy atom. The van der Waals surface area contributed by atoms with Crippen LogP contribution in [-0.4, -0.2) is 301 Å². The Bertz CT molecular complexity index is 3520. The van der Waals surface area contributed by atoms with E-state index in [0.717, 1.165) is 64.2 Å². The lowest BCUT2D eigenvalue weighted by Gasteiger charge is -2.64. The van der Waals surface area contributed by atoms with Gasteiger partial charge in [-0.1, -0.05) is 112 Å². The Kier molecular flexibility index (Phi) is 34.0. The monoisotopic (exact) mass is 1770 g/mol. The average molecular weight is 1770 g/mol. The minimum Gasteiger partial charge on any atom is -0.479 e. The van der Waals surface area contributed by atoms with E-state index in [1.165, 1.54) is 34.8 Å². The Labute approximate surface area is 726 Å². The predicted molar refractivity (Wildman–Crippen MR) is 435 cm³/mol. The van der Waals surface area contributed by atoms with E-state index in [0.29, 0.717) is 64.2 Å². The summed E-state index contributed by atoms with van der Waals surface area (Å²) >= 11 is 0. The second-order valence-electron chi connectivity index (χ2n) is 39.3. The van der Waals surface area contributed by atoms with Crippen molar-refractivity contribution in [1.29, 1.82) is 0 Å². The summed E-state index contributed by atoms with van der Waals surface area (Å²) in [6.45, 7) is 14.0. The number of carbonyl (C=O) groups is 7. The molecule has 124 heavy (non-hydrogen) atoms. The summed E-state index contributed by atoms with van der Waals surface area (Å²) in [5.74, 6) is -10.3. The molecule has 12 rings (SSSR count). The van der Waals surface area contributed by atoms with E-state index in [2.05, 4.69) is 31.4 Å². The zero-order valence-electron chi connectivity index (χ0n) is 73.8. The van der Waals surface area contributed by atoms with Gasteiger partial charge in [-0.15, -0.1) is 0 Å². The van der Waals surface area contributed by atoms with Gasteiger partial charge >= 0.3 is 29.8 Å². The number of esters is 3. The lowest BCUT2D eigenvalue weighted by molar-refractivity contribution is -0.339. The number of aliphatic hydroxyl groups excluding tert-OH is 10. The first-order chi connectivity index (χ1) is 58.9. The molecule has 4 heterocycles. The molecule has 4 aliphatic heterocycles. The van der Waals surface area contributed by atoms with Crippen molar-refractivity contribution in [2.24, 2.45) is 87.6 Å². The number of fused-ring (bicyclic) bond motifs is 5. The van der Waals surface area contributed by atoms with Gasteiger partial charge in [-0.25, -0.2) is 9.59 Å². The van der Waals surface area contributed by atoms with E-state index in [1.807, 2.05) is 13.8 Å². The molecular formula is C89H145N3O32. The fraction of sp³-hybridized carbons (Fsp3) is 0.921. The van der Waals surface area contributed by atoms with Crippen LogP contribution in [0.25, 0.3) is 0 Å². The summed E-state index contributed by atoms with van der Waals surface area (Å²) in [4.78, 5) is 98.8. The molecule has 4 saturated heterocycles. The zero-order chi connectivity index (χ0) is 89.8. The summed E-state index contributed by atoms with van der Waals surface area (Å²) in [6.07, 6.45) is -23.8. The molecule has 8 aliphatic carbocycles. The van der Waals surface area contributed by atoms with E-state index < -0.39 is 261 Å². The Morgan fingerprint density at radius 2 is 0.968 bits per heavy atom. The summed E-state index contributed by atoms with van der Waals surface area (Å²) in [7, 11) is 1.33. The van der Waals surface area contributed by atoms with Crippen LogP contribution in [-0.2, 0) is 95.1 Å². The molecule has 0 aromatic heterocycles. The Hall–Kier alpha value is -4.55. The number of rotatable bonds is 32. The number of aliphatic hydroxyl groups is 10. The van der Waals surface area contributed by atoms with Gasteiger partial charge in [-0.2, -0.15) is 0 Å². The lowest BCUT2D eigenvalue weighted by Crippen LogP contribution is -2.67. The number of nitrogens with one attached hydrogen (secondary N) is 2. The minimum atomic E-state index is -1.80. The number of carbonyl (C=O) groups excluding carboxylic acids is 5. The van der Waals surface area contributed by atoms with Crippen LogP contribution in [0.4, 0.5) is 0 Å². The van der Waals surface area contributed by atoms with Crippen molar-refractivity contribution >= 4 is 41.7 Å². The molecule has 2 amide bonds. The summed E-state index contributed by atoms with van der Waals surface area (Å²) < 4.78 is 85.1. The molecule has 8 saturated carbocycles. The number of nitrogens with two attached hydrogens (primary N) is 1. The molecule has 0 radical (unpaired) electrons. The lowest BCUT2D eigenvalue weighted by atomic mass is 9.43. The van der Waals surface area contributed by atoms with Crippen molar-refractivity contribution in [3.05, 3.63) is 0 Å². The van der Waals surface area contributed by atoms with Gasteiger partial charge in [0, 0.05) is 37.6 Å². The molecule has 35 heteroatoms. The molecule has 708 valence electrons. The number of carboxylic acid groups (broad SMARTS) is 2. The largest absolute Gasteiger partial charge is 0.479 e. The maximum absolute atomic E-state index is 16.3. The second-order valence-corrected chi connectivity index (χ2v) is 39.3. The minimum absolute atomic E-state index is 0.0145. The van der Waals surface area contributed by atoms with Gasteiger partial charge in [0.25, 0.3) is 0 Å². The normalized spacial score (nSPS) is 44.8. The smallest absolute Gasteiger partial charge is 0.332 e. The van der Waals surface area contributed by atoms with Crippen LogP contribution < -0.4 is 16.4 Å². The molecule has 0 aromatic carbocycles. The number of methoxy groups -OCH3 is 1. The molecule has 35 nitrogen and oxygen atoms in total. The third kappa shape index (κ3) is 21.6. The molecule has 0 spiro atoms. The quantitative estimate of drug-likeness (QED) is 0.0339. The Balaban J connectivity index is 0.876. The van der Waals surface area contributed by atoms with Gasteiger partial charge in [0.2, 0.25) is 11.8 Å². The molecule has 10 unspecified atom stereocenters. The third-order valence-corrected chi connectivity index (χ3v) is 31.7. The first kappa shape index (κ1) is 98.5. The van der Waals surface area contributed by atoms with Gasteiger partial charge in [0.1, 0.15) is 97.5 Å². The number of ether oxygens (including phenoxy) is 13. The number of amides is 2. The summed E-state index contributed by atoms with van der Waals surface area (Å²) in [6, 6.07) is -3.13. The van der Waals surface area contributed by atoms with Crippen LogP contribution in [0.3, 0.4) is 0 Å². The van der Waals surface area contributed by atoms with Crippen LogP contribution >= 0.6 is 0 Å². The number of hydrogen-bond acceptors (Lipinski definition) is 31. The van der Waals surface area contributed by atoms with Gasteiger partial charge in [0.15, 0.2) is 37.4 Å². The van der Waals surface area contributed by atoms with E-state index in [4.69, 9.17) is 67.3 Å². The van der Waals surface area contributed by atoms with E-state index >= 15 is 9.59 Å². The van der Waals surface area contributed by atoms with Crippen LogP contribution in [0, 0.1) is 81.8 Å². The second kappa shape index (κ2) is 42.8. The molecule has 12 aliphatic rings. The van der Waals surface area contributed by atoms with Crippen LogP contribution in [0.1, 0.15) is 236 Å². The van der Waals surface area contributed by atoms with Crippen molar-refractivity contribution in [2.75, 3.05) is 20.3 Å². The Morgan fingerprint density at radius 1 is 0.508 bits per heavy atom. The fourth-order valence-corrected chi connectivity index (χ4v) is 24.7.